The van der Waals surface area contributed by atoms with Crippen molar-refractivity contribution in [2.24, 2.45) is 5.92 Å². The van der Waals surface area contributed by atoms with Crippen molar-refractivity contribution in [2.75, 3.05) is 12.0 Å². The number of nitrogens with one attached hydrogen (secondary N) is 2. The van der Waals surface area contributed by atoms with Crippen molar-refractivity contribution in [2.45, 2.75) is 142 Å². The maximum atomic E-state index is 12.5. The number of anilines is 1. The summed E-state index contributed by atoms with van der Waals surface area (Å²) in [5.74, 6) is 0.810. The van der Waals surface area contributed by atoms with Crippen molar-refractivity contribution in [3.05, 3.63) is 24.3 Å². The molecule has 0 atom stereocenters. The van der Waals surface area contributed by atoms with Crippen LogP contribution < -0.4 is 15.4 Å². The maximum Gasteiger partial charge on any atom is 0.225 e. The highest BCUT2D eigenvalue weighted by Gasteiger charge is 2.20. The molecular weight excluding hydrogens is 460 g/mol. The molecule has 1 saturated carbocycles. The van der Waals surface area contributed by atoms with E-state index >= 15 is 0 Å². The van der Waals surface area contributed by atoms with Gasteiger partial charge in [-0.1, -0.05) is 128 Å². The molecule has 0 aromatic heterocycles. The third-order valence-corrected chi connectivity index (χ3v) is 7.62. The SMILES string of the molecule is CCCCCCCCCCCCCCCCCC(=O)Nc1ccccc1OCNC(=O)C1CCCCC1. The highest BCUT2D eigenvalue weighted by Crippen LogP contribution is 2.25. The minimum atomic E-state index is 0.0250. The number of para-hydroxylation sites is 2. The number of benzene rings is 1. The molecule has 0 radical (unpaired) electrons. The Hall–Kier alpha value is -2.04. The number of hydrogen-bond donors (Lipinski definition) is 2. The molecule has 1 aliphatic carbocycles. The van der Waals surface area contributed by atoms with Crippen molar-refractivity contribution < 1.29 is 14.3 Å². The zero-order chi connectivity index (χ0) is 26.4. The van der Waals surface area contributed by atoms with E-state index < -0.39 is 0 Å². The highest BCUT2D eigenvalue weighted by molar-refractivity contribution is 5.92. The Morgan fingerprint density at radius 1 is 0.757 bits per heavy atom. The van der Waals surface area contributed by atoms with E-state index in [0.717, 1.165) is 38.5 Å². The Morgan fingerprint density at radius 3 is 1.89 bits per heavy atom. The first-order valence-electron chi connectivity index (χ1n) is 15.5. The number of unbranched alkanes of at least 4 members (excludes halogenated alkanes) is 14. The summed E-state index contributed by atoms with van der Waals surface area (Å²) in [7, 11) is 0. The number of carbonyl (C=O) groups is 2. The monoisotopic (exact) mass is 514 g/mol. The van der Waals surface area contributed by atoms with Crippen molar-refractivity contribution in [1.29, 1.82) is 0 Å². The molecule has 1 aromatic carbocycles. The molecule has 0 saturated heterocycles. The number of hydrogen-bond acceptors (Lipinski definition) is 3. The van der Waals surface area contributed by atoms with Crippen LogP contribution in [0.15, 0.2) is 24.3 Å². The van der Waals surface area contributed by atoms with Gasteiger partial charge in [-0.2, -0.15) is 0 Å². The molecule has 1 aliphatic rings. The lowest BCUT2D eigenvalue weighted by Gasteiger charge is -2.21. The van der Waals surface area contributed by atoms with Crippen molar-refractivity contribution in [1.82, 2.24) is 5.32 Å². The van der Waals surface area contributed by atoms with Gasteiger partial charge in [0, 0.05) is 12.3 Å². The summed E-state index contributed by atoms with van der Waals surface area (Å²) in [4.78, 5) is 24.8. The summed E-state index contributed by atoms with van der Waals surface area (Å²) in [5, 5.41) is 5.88. The van der Waals surface area contributed by atoms with Gasteiger partial charge in [0.05, 0.1) is 5.69 Å². The first-order valence-corrected chi connectivity index (χ1v) is 15.5. The standard InChI is InChI=1S/C32H54N2O3/c1-2-3-4-5-6-7-8-9-10-11-12-13-14-15-19-26-31(35)34-29-24-20-21-25-30(29)37-27-33-32(36)28-22-17-16-18-23-28/h20-21,24-25,28H,2-19,22-23,26-27H2,1H3,(H,33,36)(H,34,35). The fraction of sp³-hybridized carbons (Fsp3) is 0.750. The normalized spacial score (nSPS) is 13.9. The van der Waals surface area contributed by atoms with Crippen LogP contribution in [0.25, 0.3) is 0 Å². The predicted molar refractivity (Wildman–Crippen MR) is 155 cm³/mol. The molecule has 37 heavy (non-hydrogen) atoms. The Balaban J connectivity index is 1.47. The smallest absolute Gasteiger partial charge is 0.225 e. The van der Waals surface area contributed by atoms with E-state index in [1.165, 1.54) is 89.9 Å². The summed E-state index contributed by atoms with van der Waals surface area (Å²) in [6.07, 6.45) is 25.8. The highest BCUT2D eigenvalue weighted by atomic mass is 16.5. The minimum absolute atomic E-state index is 0.0250. The quantitative estimate of drug-likeness (QED) is 0.127. The van der Waals surface area contributed by atoms with Crippen LogP contribution in [0.2, 0.25) is 0 Å². The molecule has 2 N–H and O–H groups in total. The third kappa shape index (κ3) is 15.1. The lowest BCUT2D eigenvalue weighted by Crippen LogP contribution is -2.34. The topological polar surface area (TPSA) is 67.4 Å². The summed E-state index contributed by atoms with van der Waals surface area (Å²) >= 11 is 0. The molecule has 0 unspecified atom stereocenters. The third-order valence-electron chi connectivity index (χ3n) is 7.62. The van der Waals surface area contributed by atoms with Gasteiger partial charge in [-0.15, -0.1) is 0 Å². The van der Waals surface area contributed by atoms with Gasteiger partial charge >= 0.3 is 0 Å². The Morgan fingerprint density at radius 2 is 1.30 bits per heavy atom. The Bertz CT molecular complexity index is 730. The first-order chi connectivity index (χ1) is 18.2. The van der Waals surface area contributed by atoms with Gasteiger partial charge < -0.3 is 15.4 Å². The summed E-state index contributed by atoms with van der Waals surface area (Å²) < 4.78 is 5.78. The van der Waals surface area contributed by atoms with E-state index in [0.29, 0.717) is 17.9 Å². The van der Waals surface area contributed by atoms with E-state index in [1.54, 1.807) is 0 Å². The number of ether oxygens (including phenoxy) is 1. The lowest BCUT2D eigenvalue weighted by molar-refractivity contribution is -0.126. The second kappa shape index (κ2) is 21.0. The molecule has 0 spiro atoms. The zero-order valence-corrected chi connectivity index (χ0v) is 23.7. The Kier molecular flexibility index (Phi) is 17.7. The minimum Gasteiger partial charge on any atom is -0.471 e. The van der Waals surface area contributed by atoms with Gasteiger partial charge in [0.1, 0.15) is 5.75 Å². The molecule has 0 heterocycles. The van der Waals surface area contributed by atoms with Crippen molar-refractivity contribution >= 4 is 17.5 Å². The molecule has 5 heteroatoms. The maximum absolute atomic E-state index is 12.5. The molecular formula is C32H54N2O3. The van der Waals surface area contributed by atoms with Crippen LogP contribution in [-0.4, -0.2) is 18.5 Å². The fourth-order valence-corrected chi connectivity index (χ4v) is 5.26. The molecule has 1 fully saturated rings. The molecule has 2 amide bonds. The Labute approximate surface area is 226 Å². The number of carbonyl (C=O) groups excluding carboxylic acids is 2. The second-order valence-electron chi connectivity index (χ2n) is 10.9. The lowest BCUT2D eigenvalue weighted by atomic mass is 9.89. The average molecular weight is 515 g/mol. The van der Waals surface area contributed by atoms with Gasteiger partial charge in [0.2, 0.25) is 11.8 Å². The summed E-state index contributed by atoms with van der Waals surface area (Å²) in [5.41, 5.74) is 0.667. The zero-order valence-electron chi connectivity index (χ0n) is 23.7. The van der Waals surface area contributed by atoms with Crippen LogP contribution in [0.4, 0.5) is 5.69 Å². The predicted octanol–water partition coefficient (Wildman–Crippen LogP) is 8.92. The average Bonchev–Trinajstić information content (AvgIpc) is 2.92. The molecule has 0 bridgehead atoms. The number of rotatable bonds is 21. The molecule has 5 nitrogen and oxygen atoms in total. The van der Waals surface area contributed by atoms with Crippen molar-refractivity contribution in [3.8, 4) is 5.75 Å². The van der Waals surface area contributed by atoms with Gasteiger partial charge in [0.15, 0.2) is 6.73 Å². The van der Waals surface area contributed by atoms with Gasteiger partial charge in [0.25, 0.3) is 0 Å². The van der Waals surface area contributed by atoms with Crippen LogP contribution in [0, 0.1) is 5.92 Å². The molecule has 0 aliphatic heterocycles. The van der Waals surface area contributed by atoms with E-state index in [-0.39, 0.29) is 24.5 Å². The number of amides is 2. The van der Waals surface area contributed by atoms with E-state index in [4.69, 9.17) is 4.74 Å². The van der Waals surface area contributed by atoms with E-state index in [9.17, 15) is 9.59 Å². The van der Waals surface area contributed by atoms with E-state index in [2.05, 4.69) is 17.6 Å². The van der Waals surface area contributed by atoms with Gasteiger partial charge in [-0.05, 0) is 31.4 Å². The van der Waals surface area contributed by atoms with E-state index in [1.807, 2.05) is 24.3 Å². The van der Waals surface area contributed by atoms with Crippen molar-refractivity contribution in [3.63, 3.8) is 0 Å². The van der Waals surface area contributed by atoms with Crippen LogP contribution in [-0.2, 0) is 9.59 Å². The van der Waals surface area contributed by atoms with Gasteiger partial charge in [-0.3, -0.25) is 9.59 Å². The van der Waals surface area contributed by atoms with Crippen LogP contribution in [0.3, 0.4) is 0 Å². The first kappa shape index (κ1) is 31.2. The second-order valence-corrected chi connectivity index (χ2v) is 10.9. The largest absolute Gasteiger partial charge is 0.471 e. The fourth-order valence-electron chi connectivity index (χ4n) is 5.26. The molecule has 210 valence electrons. The molecule has 2 rings (SSSR count). The van der Waals surface area contributed by atoms with Gasteiger partial charge in [-0.25, -0.2) is 0 Å². The van der Waals surface area contributed by atoms with Crippen LogP contribution in [0.1, 0.15) is 142 Å². The van der Waals surface area contributed by atoms with Crippen LogP contribution >= 0.6 is 0 Å². The van der Waals surface area contributed by atoms with Crippen LogP contribution in [0.5, 0.6) is 5.75 Å². The summed E-state index contributed by atoms with van der Waals surface area (Å²) in [6.45, 7) is 2.40. The summed E-state index contributed by atoms with van der Waals surface area (Å²) in [6, 6.07) is 7.44. The molecule has 1 aromatic rings.